The molecule has 1 aromatic rings. The first-order valence-corrected chi connectivity index (χ1v) is 5.88. The van der Waals surface area contributed by atoms with Crippen molar-refractivity contribution < 1.29 is 8.78 Å². The molecule has 0 atom stereocenters. The van der Waals surface area contributed by atoms with Crippen LogP contribution >= 0.6 is 43.6 Å². The van der Waals surface area contributed by atoms with Gasteiger partial charge in [-0.15, -0.1) is 0 Å². The molecular weight excluding hydrogens is 326 g/mol. The van der Waals surface area contributed by atoms with E-state index in [4.69, 9.17) is 0 Å². The summed E-state index contributed by atoms with van der Waals surface area (Å²) >= 11 is 6.89. The Kier molecular flexibility index (Phi) is 4.19. The number of thioether (sulfide) groups is 1. The van der Waals surface area contributed by atoms with Gasteiger partial charge >= 0.3 is 0 Å². The number of alkyl halides is 4. The fourth-order valence-corrected chi connectivity index (χ4v) is 2.68. The van der Waals surface area contributed by atoms with E-state index in [0.717, 1.165) is 5.56 Å². The molecule has 0 radical (unpaired) electrons. The number of halogens is 4. The van der Waals surface area contributed by atoms with Crippen molar-refractivity contribution in [2.24, 2.45) is 0 Å². The van der Waals surface area contributed by atoms with Crippen LogP contribution in [0.1, 0.15) is 5.56 Å². The van der Waals surface area contributed by atoms with Crippen LogP contribution in [0.25, 0.3) is 0 Å². The van der Waals surface area contributed by atoms with Crippen LogP contribution in [0.5, 0.6) is 0 Å². The lowest BCUT2D eigenvalue weighted by Crippen LogP contribution is -2.05. The van der Waals surface area contributed by atoms with E-state index in [0.29, 0.717) is 11.8 Å². The first-order valence-electron chi connectivity index (χ1n) is 3.41. The minimum atomic E-state index is -2.42. The highest BCUT2D eigenvalue weighted by atomic mass is 79.9. The predicted molar refractivity (Wildman–Crippen MR) is 59.6 cm³/mol. The van der Waals surface area contributed by atoms with E-state index in [1.54, 1.807) is 24.3 Å². The normalized spacial score (nSPS) is 12.1. The van der Waals surface area contributed by atoms with Crippen molar-refractivity contribution in [1.82, 2.24) is 0 Å². The van der Waals surface area contributed by atoms with Gasteiger partial charge in [0.15, 0.2) is 2.57 Å². The van der Waals surface area contributed by atoms with Crippen LogP contribution in [0.15, 0.2) is 30.3 Å². The largest absolute Gasteiger partial charge is 0.286 e. The highest BCUT2D eigenvalue weighted by Gasteiger charge is 2.29. The molecule has 1 aromatic carbocycles. The maximum Gasteiger partial charge on any atom is 0.286 e. The van der Waals surface area contributed by atoms with Crippen molar-refractivity contribution in [2.75, 3.05) is 0 Å². The fraction of sp³-hybridized carbons (Fsp3) is 0.250. The van der Waals surface area contributed by atoms with E-state index in [1.807, 2.05) is 6.07 Å². The minimum Gasteiger partial charge on any atom is -0.198 e. The summed E-state index contributed by atoms with van der Waals surface area (Å²) in [5.74, 6) is -2.42. The lowest BCUT2D eigenvalue weighted by atomic mass is 10.2. The van der Waals surface area contributed by atoms with Gasteiger partial charge in [-0.25, -0.2) is 0 Å². The average molecular weight is 332 g/mol. The Hall–Kier alpha value is 0.390. The number of rotatable bonds is 3. The van der Waals surface area contributed by atoms with E-state index in [9.17, 15) is 8.78 Å². The zero-order chi connectivity index (χ0) is 9.90. The van der Waals surface area contributed by atoms with Crippen molar-refractivity contribution in [3.63, 3.8) is 0 Å². The van der Waals surface area contributed by atoms with Crippen LogP contribution in [0.4, 0.5) is 8.78 Å². The third-order valence-electron chi connectivity index (χ3n) is 1.35. The highest BCUT2D eigenvalue weighted by Crippen LogP contribution is 2.50. The molecule has 0 aromatic heterocycles. The average Bonchev–Trinajstić information content (AvgIpc) is 2.04. The third kappa shape index (κ3) is 3.56. The smallest absolute Gasteiger partial charge is 0.198 e. The molecule has 1 rings (SSSR count). The fourth-order valence-electron chi connectivity index (χ4n) is 0.812. The summed E-state index contributed by atoms with van der Waals surface area (Å²) in [7, 11) is 0. The van der Waals surface area contributed by atoms with Crippen molar-refractivity contribution in [2.45, 2.75) is 8.32 Å². The molecule has 0 saturated heterocycles. The second-order valence-corrected chi connectivity index (χ2v) is 7.96. The summed E-state index contributed by atoms with van der Waals surface area (Å²) < 4.78 is 23.3. The molecular formula is C8H6Br2F2S. The van der Waals surface area contributed by atoms with Crippen LogP contribution in [-0.2, 0) is 2.57 Å². The maximum absolute atomic E-state index is 12.1. The van der Waals surface area contributed by atoms with Gasteiger partial charge in [-0.3, -0.25) is 0 Å². The Morgan fingerprint density at radius 1 is 1.15 bits per heavy atom. The SMILES string of the molecule is FC(F)SC(Br)(Br)c1ccccc1. The second kappa shape index (κ2) is 4.75. The minimum absolute atomic E-state index is 0.510. The molecule has 0 heterocycles. The van der Waals surface area contributed by atoms with Crippen molar-refractivity contribution in [1.29, 1.82) is 0 Å². The first kappa shape index (κ1) is 11.5. The van der Waals surface area contributed by atoms with Crippen LogP contribution < -0.4 is 0 Å². The summed E-state index contributed by atoms with van der Waals surface area (Å²) in [4.78, 5) is 0. The Morgan fingerprint density at radius 2 is 1.69 bits per heavy atom. The molecule has 0 amide bonds. The summed E-state index contributed by atoms with van der Waals surface area (Å²) in [6.45, 7) is 0. The highest BCUT2D eigenvalue weighted by molar-refractivity contribution is 9.27. The molecule has 0 aliphatic rings. The molecule has 0 aliphatic carbocycles. The quantitative estimate of drug-likeness (QED) is 0.732. The maximum atomic E-state index is 12.1. The topological polar surface area (TPSA) is 0 Å². The Labute approximate surface area is 96.4 Å². The van der Waals surface area contributed by atoms with Gasteiger partial charge in [0.2, 0.25) is 0 Å². The van der Waals surface area contributed by atoms with E-state index < -0.39 is 8.32 Å². The predicted octanol–water partition coefficient (Wildman–Crippen LogP) is 4.54. The Balaban J connectivity index is 2.81. The zero-order valence-electron chi connectivity index (χ0n) is 6.38. The van der Waals surface area contributed by atoms with Crippen LogP contribution in [0.3, 0.4) is 0 Å². The van der Waals surface area contributed by atoms with Gasteiger partial charge in [-0.2, -0.15) is 8.78 Å². The van der Waals surface area contributed by atoms with Gasteiger partial charge in [0.25, 0.3) is 5.76 Å². The van der Waals surface area contributed by atoms with E-state index in [-0.39, 0.29) is 0 Å². The number of hydrogen-bond acceptors (Lipinski definition) is 1. The van der Waals surface area contributed by atoms with Crippen molar-refractivity contribution in [3.8, 4) is 0 Å². The van der Waals surface area contributed by atoms with Gasteiger partial charge in [0, 0.05) is 0 Å². The number of hydrogen-bond donors (Lipinski definition) is 0. The first-order chi connectivity index (χ1) is 6.02. The molecule has 72 valence electrons. The monoisotopic (exact) mass is 330 g/mol. The lowest BCUT2D eigenvalue weighted by Gasteiger charge is -2.19. The summed E-state index contributed by atoms with van der Waals surface area (Å²) in [5.41, 5.74) is 0.764. The lowest BCUT2D eigenvalue weighted by molar-refractivity contribution is 0.251. The molecule has 0 spiro atoms. The van der Waals surface area contributed by atoms with Crippen LogP contribution in [0, 0.1) is 0 Å². The molecule has 0 aliphatic heterocycles. The molecule has 0 fully saturated rings. The van der Waals surface area contributed by atoms with Gasteiger partial charge in [-0.05, 0) is 5.56 Å². The van der Waals surface area contributed by atoms with E-state index >= 15 is 0 Å². The molecule has 13 heavy (non-hydrogen) atoms. The van der Waals surface area contributed by atoms with Gasteiger partial charge in [0.1, 0.15) is 0 Å². The summed E-state index contributed by atoms with van der Waals surface area (Å²) in [6.07, 6.45) is 0. The second-order valence-electron chi connectivity index (χ2n) is 2.26. The van der Waals surface area contributed by atoms with Crippen molar-refractivity contribution >= 4 is 43.6 Å². The summed E-state index contributed by atoms with van der Waals surface area (Å²) in [6, 6.07) is 9.00. The third-order valence-corrected chi connectivity index (χ3v) is 4.09. The number of benzene rings is 1. The van der Waals surface area contributed by atoms with Crippen molar-refractivity contribution in [3.05, 3.63) is 35.9 Å². The molecule has 5 heteroatoms. The Morgan fingerprint density at radius 3 is 2.15 bits per heavy atom. The van der Waals surface area contributed by atoms with E-state index in [1.165, 1.54) is 0 Å². The molecule has 0 saturated carbocycles. The van der Waals surface area contributed by atoms with Crippen LogP contribution in [0.2, 0.25) is 0 Å². The van der Waals surface area contributed by atoms with Gasteiger partial charge in [-0.1, -0.05) is 74.0 Å². The van der Waals surface area contributed by atoms with Crippen LogP contribution in [-0.4, -0.2) is 5.76 Å². The van der Waals surface area contributed by atoms with E-state index in [2.05, 4.69) is 31.9 Å². The zero-order valence-corrected chi connectivity index (χ0v) is 10.4. The molecule has 0 nitrogen and oxygen atoms in total. The molecule has 0 bridgehead atoms. The van der Waals surface area contributed by atoms with Gasteiger partial charge < -0.3 is 0 Å². The standard InChI is InChI=1S/C8H6Br2F2S/c9-8(10,13-7(11)12)6-4-2-1-3-5-6/h1-5,7H. The Bertz CT molecular complexity index is 264. The summed E-state index contributed by atoms with van der Waals surface area (Å²) in [5, 5.41) is 0. The molecule has 0 N–H and O–H groups in total. The van der Waals surface area contributed by atoms with Gasteiger partial charge in [0.05, 0.1) is 0 Å². The molecule has 0 unspecified atom stereocenters.